The number of ketones is 2. The van der Waals surface area contributed by atoms with E-state index >= 15 is 0 Å². The van der Waals surface area contributed by atoms with Crippen LogP contribution in [0.5, 0.6) is 0 Å². The third-order valence-corrected chi connectivity index (χ3v) is 11.7. The lowest BCUT2D eigenvalue weighted by Crippen LogP contribution is -2.39. The molecule has 4 rings (SSSR count). The molecule has 1 aliphatic rings. The van der Waals surface area contributed by atoms with E-state index in [0.717, 1.165) is 0 Å². The average molecular weight is 881 g/mol. The highest BCUT2D eigenvalue weighted by Crippen LogP contribution is 2.31. The SMILES string of the molecule is CO[C@@H]1C/C=C/c2nc(co2)-c2nc(co2)-c2nc(co2)[C@@H](C)CC(=O)CCC[C@@H](O)CC(=O)O[C@H](C[C@@H](OC)[C@@H](C)CCC(=O)[C@H](C)[C@H](OC(C)=O)[C@H](C)/C=C/N(C)C=O)[C@H]1C. The summed E-state index contributed by atoms with van der Waals surface area (Å²) in [6, 6.07) is 0. The molecule has 6 bridgehead atoms. The van der Waals surface area contributed by atoms with E-state index in [1.165, 1.54) is 30.6 Å². The van der Waals surface area contributed by atoms with Gasteiger partial charge >= 0.3 is 11.9 Å². The molecule has 0 unspecified atom stereocenters. The molecule has 3 aromatic rings. The lowest BCUT2D eigenvalue weighted by molar-refractivity contribution is -0.160. The molecule has 0 saturated heterocycles. The van der Waals surface area contributed by atoms with E-state index in [0.29, 0.717) is 48.6 Å². The molecule has 63 heavy (non-hydrogen) atoms. The zero-order valence-corrected chi connectivity index (χ0v) is 37.9. The number of hydrogen-bond acceptors (Lipinski definition) is 16. The van der Waals surface area contributed by atoms with Gasteiger partial charge in [0.05, 0.1) is 36.3 Å². The van der Waals surface area contributed by atoms with Crippen molar-refractivity contribution in [2.45, 2.75) is 136 Å². The fourth-order valence-electron chi connectivity index (χ4n) is 7.64. The number of aliphatic hydroxyl groups is 1. The first-order chi connectivity index (χ1) is 30.0. The highest BCUT2D eigenvalue weighted by molar-refractivity contribution is 5.82. The second-order valence-corrected chi connectivity index (χ2v) is 16.7. The van der Waals surface area contributed by atoms with E-state index in [4.69, 9.17) is 32.2 Å². The molecule has 1 N–H and O–H groups in total. The highest BCUT2D eigenvalue weighted by Gasteiger charge is 2.35. The van der Waals surface area contributed by atoms with Crippen molar-refractivity contribution < 1.29 is 61.3 Å². The summed E-state index contributed by atoms with van der Waals surface area (Å²) in [4.78, 5) is 77.9. The molecule has 1 amide bonds. The van der Waals surface area contributed by atoms with Crippen LogP contribution in [0.4, 0.5) is 0 Å². The number of fused-ring (bicyclic) bond motifs is 8. The predicted molar refractivity (Wildman–Crippen MR) is 229 cm³/mol. The Kier molecular flexibility index (Phi) is 19.6. The summed E-state index contributed by atoms with van der Waals surface area (Å²) in [5.41, 5.74) is 1.30. The Morgan fingerprint density at radius 2 is 1.70 bits per heavy atom. The summed E-state index contributed by atoms with van der Waals surface area (Å²) in [6.45, 7) is 10.6. The molecule has 0 saturated carbocycles. The summed E-state index contributed by atoms with van der Waals surface area (Å²) in [5, 5.41) is 10.9. The van der Waals surface area contributed by atoms with E-state index in [-0.39, 0.29) is 85.5 Å². The second kappa shape index (κ2) is 24.5. The Bertz CT molecular complexity index is 2000. The molecule has 0 spiro atoms. The number of hydrogen-bond donors (Lipinski definition) is 1. The largest absolute Gasteiger partial charge is 0.462 e. The molecule has 346 valence electrons. The minimum atomic E-state index is -1.03. The summed E-state index contributed by atoms with van der Waals surface area (Å²) in [6.07, 6.45) is 10.4. The van der Waals surface area contributed by atoms with Crippen molar-refractivity contribution in [2.24, 2.45) is 23.7 Å². The van der Waals surface area contributed by atoms with E-state index in [1.807, 2.05) is 33.8 Å². The molecular weight excluding hydrogens is 817 g/mol. The maximum Gasteiger partial charge on any atom is 0.308 e. The number of rotatable bonds is 15. The maximum absolute atomic E-state index is 13.6. The average Bonchev–Trinajstić information content (AvgIpc) is 4.05. The Morgan fingerprint density at radius 1 is 1.00 bits per heavy atom. The monoisotopic (exact) mass is 880 g/mol. The summed E-state index contributed by atoms with van der Waals surface area (Å²) >= 11 is 0. The third-order valence-electron chi connectivity index (χ3n) is 11.7. The third kappa shape index (κ3) is 15.2. The maximum atomic E-state index is 13.6. The number of carbonyl (C=O) groups excluding carboxylic acids is 5. The molecular formula is C46H64N4O13. The number of ether oxygens (including phenoxy) is 4. The number of oxazole rings is 3. The number of nitrogens with zero attached hydrogens (tertiary/aromatic N) is 4. The number of aromatic nitrogens is 3. The Hall–Kier alpha value is -5.26. The number of carbonyl (C=O) groups is 5. The molecule has 1 aliphatic heterocycles. The van der Waals surface area contributed by atoms with Gasteiger partial charge in [0, 0.05) is 77.8 Å². The van der Waals surface area contributed by atoms with Crippen molar-refractivity contribution in [2.75, 3.05) is 21.3 Å². The van der Waals surface area contributed by atoms with Crippen LogP contribution in [0.15, 0.2) is 50.4 Å². The number of aliphatic hydroxyl groups excluding tert-OH is 1. The first-order valence-electron chi connectivity index (χ1n) is 21.6. The van der Waals surface area contributed by atoms with Gasteiger partial charge in [-0.3, -0.25) is 24.0 Å². The first kappa shape index (κ1) is 50.4. The van der Waals surface area contributed by atoms with E-state index < -0.39 is 48.4 Å². The van der Waals surface area contributed by atoms with Gasteiger partial charge in [-0.1, -0.05) is 46.8 Å². The van der Waals surface area contributed by atoms with Crippen LogP contribution in [0.1, 0.15) is 117 Å². The number of amides is 1. The Morgan fingerprint density at radius 3 is 2.40 bits per heavy atom. The van der Waals surface area contributed by atoms with Gasteiger partial charge in [0.1, 0.15) is 42.6 Å². The molecule has 17 nitrogen and oxygen atoms in total. The van der Waals surface area contributed by atoms with Crippen molar-refractivity contribution in [3.63, 3.8) is 0 Å². The van der Waals surface area contributed by atoms with Crippen LogP contribution in [-0.2, 0) is 42.9 Å². The van der Waals surface area contributed by atoms with Gasteiger partial charge in [0.25, 0.3) is 0 Å². The summed E-state index contributed by atoms with van der Waals surface area (Å²) < 4.78 is 40.6. The number of esters is 2. The molecule has 0 radical (unpaired) electrons. The van der Waals surface area contributed by atoms with Crippen LogP contribution in [0, 0.1) is 23.7 Å². The van der Waals surface area contributed by atoms with E-state index in [1.54, 1.807) is 46.5 Å². The van der Waals surface area contributed by atoms with E-state index in [9.17, 15) is 29.1 Å². The van der Waals surface area contributed by atoms with Gasteiger partial charge in [0.2, 0.25) is 24.1 Å². The molecule has 17 heteroatoms. The van der Waals surface area contributed by atoms with E-state index in [2.05, 4.69) is 15.0 Å². The van der Waals surface area contributed by atoms with Crippen molar-refractivity contribution in [1.82, 2.24) is 19.9 Å². The summed E-state index contributed by atoms with van der Waals surface area (Å²) in [5.74, 6) is -2.28. The van der Waals surface area contributed by atoms with Gasteiger partial charge in [-0.2, -0.15) is 0 Å². The molecule has 0 aliphatic carbocycles. The highest BCUT2D eigenvalue weighted by atomic mass is 16.6. The van der Waals surface area contributed by atoms with Crippen molar-refractivity contribution >= 4 is 36.0 Å². The molecule has 0 aromatic carbocycles. The minimum absolute atomic E-state index is 0.0167. The number of Topliss-reactive ketones (excluding diaryl/α,β-unsaturated/α-hetero) is 2. The lowest BCUT2D eigenvalue weighted by atomic mass is 9.84. The van der Waals surface area contributed by atoms with Gasteiger partial charge < -0.3 is 42.2 Å². The molecule has 3 aromatic heterocycles. The smallest absolute Gasteiger partial charge is 0.308 e. The molecule has 0 fully saturated rings. The van der Waals surface area contributed by atoms with Gasteiger partial charge in [-0.05, 0) is 37.7 Å². The van der Waals surface area contributed by atoms with Gasteiger partial charge in [-0.25, -0.2) is 15.0 Å². The van der Waals surface area contributed by atoms with Crippen molar-refractivity contribution in [3.05, 3.63) is 48.7 Å². The molecule has 10 atom stereocenters. The zero-order chi connectivity index (χ0) is 46.2. The zero-order valence-electron chi connectivity index (χ0n) is 37.9. The first-order valence-corrected chi connectivity index (χ1v) is 21.6. The fourth-order valence-corrected chi connectivity index (χ4v) is 7.64. The Balaban J connectivity index is 1.51. The number of cyclic esters (lactones) is 1. The van der Waals surface area contributed by atoms with Crippen LogP contribution >= 0.6 is 0 Å². The standard InChI is InChI=1S/C46H64N4O13/c1-27(16-17-38(55)30(4)44(62-32(6)52)28(2)18-19-50(7)26-51)40(58-9)22-41-31(5)39(57-8)14-11-15-42-47-36(24-59-42)45-49-37(25-61-45)46-48-35(23-60-46)29(3)20-33(53)12-10-13-34(54)21-43(56)63-41/h11,15,18-19,23-31,34,39-41,44,54H,10,12-14,16-17,20-22H2,1-9H3/b15-11+,19-18+/t27-,28+,29-,30-,31-,34+,39+,40+,41+,44+/m0/s1. The van der Waals surface area contributed by atoms with Crippen LogP contribution in [0.2, 0.25) is 0 Å². The van der Waals surface area contributed by atoms with Crippen LogP contribution in [-0.4, -0.2) is 107 Å². The van der Waals surface area contributed by atoms with Crippen LogP contribution < -0.4 is 0 Å². The fraction of sp³-hybridized carbons (Fsp3) is 0.609. The van der Waals surface area contributed by atoms with Crippen molar-refractivity contribution in [1.29, 1.82) is 0 Å². The Labute approximate surface area is 369 Å². The van der Waals surface area contributed by atoms with Gasteiger partial charge in [0.15, 0.2) is 11.4 Å². The normalized spacial score (nSPS) is 23.6. The molecule has 4 heterocycles. The lowest BCUT2D eigenvalue weighted by Gasteiger charge is -2.34. The minimum Gasteiger partial charge on any atom is -0.462 e. The predicted octanol–water partition coefficient (Wildman–Crippen LogP) is 7.14. The van der Waals surface area contributed by atoms with Gasteiger partial charge in [-0.15, -0.1) is 0 Å². The van der Waals surface area contributed by atoms with Crippen LogP contribution in [0.25, 0.3) is 29.2 Å². The quantitative estimate of drug-likeness (QED) is 0.118. The van der Waals surface area contributed by atoms with Crippen LogP contribution in [0.3, 0.4) is 0 Å². The number of methoxy groups -OCH3 is 2. The van der Waals surface area contributed by atoms with Crippen molar-refractivity contribution in [3.8, 4) is 23.2 Å². The summed E-state index contributed by atoms with van der Waals surface area (Å²) in [7, 11) is 4.72. The second-order valence-electron chi connectivity index (χ2n) is 16.7. The topological polar surface area (TPSA) is 224 Å².